The Morgan fingerprint density at radius 2 is 2.14 bits per heavy atom. The Bertz CT molecular complexity index is 577. The number of esters is 1. The van der Waals surface area contributed by atoms with E-state index in [-0.39, 0.29) is 5.56 Å². The minimum atomic E-state index is -4.41. The summed E-state index contributed by atoms with van der Waals surface area (Å²) < 4.78 is 42.7. The summed E-state index contributed by atoms with van der Waals surface area (Å²) in [5.41, 5.74) is -0.488. The number of benzene rings is 1. The molecule has 2 nitrogen and oxygen atoms in total. The molecular weight excluding hydrogens is 281 g/mol. The molecule has 21 heavy (non-hydrogen) atoms. The summed E-state index contributed by atoms with van der Waals surface area (Å²) in [6, 6.07) is 4.69. The molecule has 5 heteroatoms. The van der Waals surface area contributed by atoms with Gasteiger partial charge in [0.2, 0.25) is 0 Å². The topological polar surface area (TPSA) is 26.3 Å². The monoisotopic (exact) mass is 296 g/mol. The molecule has 1 unspecified atom stereocenters. The summed E-state index contributed by atoms with van der Waals surface area (Å²) in [6.45, 7) is 3.45. The molecule has 0 fully saturated rings. The predicted molar refractivity (Wildman–Crippen MR) is 74.1 cm³/mol. The lowest BCUT2D eigenvalue weighted by atomic mass is 10.1. The minimum Gasteiger partial charge on any atom is -0.446 e. The fourth-order valence-corrected chi connectivity index (χ4v) is 1.54. The van der Waals surface area contributed by atoms with E-state index in [1.807, 2.05) is 6.92 Å². The van der Waals surface area contributed by atoms with Gasteiger partial charge < -0.3 is 4.74 Å². The Morgan fingerprint density at radius 1 is 1.43 bits per heavy atom. The molecule has 0 heterocycles. The maximum atomic E-state index is 12.5. The lowest BCUT2D eigenvalue weighted by molar-refractivity contribution is -0.140. The average molecular weight is 296 g/mol. The second-order valence-corrected chi connectivity index (χ2v) is 4.18. The molecule has 1 aromatic carbocycles. The van der Waals surface area contributed by atoms with Crippen molar-refractivity contribution in [3.8, 4) is 11.8 Å². The van der Waals surface area contributed by atoms with Crippen LogP contribution in [0.4, 0.5) is 13.2 Å². The molecule has 1 atom stereocenters. The normalized spacial score (nSPS) is 12.6. The fourth-order valence-electron chi connectivity index (χ4n) is 1.54. The molecule has 0 radical (unpaired) electrons. The summed E-state index contributed by atoms with van der Waals surface area (Å²) in [5.74, 6) is 4.72. The highest BCUT2D eigenvalue weighted by Gasteiger charge is 2.30. The highest BCUT2D eigenvalue weighted by Crippen LogP contribution is 2.29. The molecule has 0 spiro atoms. The van der Waals surface area contributed by atoms with Crippen LogP contribution in [0.3, 0.4) is 0 Å². The van der Waals surface area contributed by atoms with Gasteiger partial charge in [0.15, 0.2) is 6.10 Å². The van der Waals surface area contributed by atoms with Gasteiger partial charge in [-0.1, -0.05) is 25.0 Å². The van der Waals surface area contributed by atoms with Crippen molar-refractivity contribution in [3.05, 3.63) is 41.5 Å². The van der Waals surface area contributed by atoms with Crippen molar-refractivity contribution in [2.75, 3.05) is 0 Å². The van der Waals surface area contributed by atoms with Crippen LogP contribution in [0.1, 0.15) is 31.4 Å². The van der Waals surface area contributed by atoms with Crippen LogP contribution in [-0.4, -0.2) is 12.1 Å². The average Bonchev–Trinajstić information content (AvgIpc) is 2.44. The molecule has 0 N–H and O–H groups in total. The van der Waals surface area contributed by atoms with Gasteiger partial charge in [-0.05, 0) is 37.1 Å². The van der Waals surface area contributed by atoms with Crippen molar-refractivity contribution in [1.82, 2.24) is 0 Å². The van der Waals surface area contributed by atoms with Crippen molar-refractivity contribution >= 4 is 12.0 Å². The summed E-state index contributed by atoms with van der Waals surface area (Å²) in [5, 5.41) is 0. The van der Waals surface area contributed by atoms with Gasteiger partial charge in [0.1, 0.15) is 0 Å². The van der Waals surface area contributed by atoms with Gasteiger partial charge in [0.25, 0.3) is 0 Å². The molecule has 0 aliphatic rings. The molecule has 112 valence electrons. The third-order valence-electron chi connectivity index (χ3n) is 2.56. The molecule has 0 aliphatic heterocycles. The number of hydrogen-bond donors (Lipinski definition) is 0. The van der Waals surface area contributed by atoms with Crippen LogP contribution in [0.15, 0.2) is 30.3 Å². The van der Waals surface area contributed by atoms with E-state index in [4.69, 9.17) is 4.74 Å². The molecule has 1 aromatic rings. The quantitative estimate of drug-likeness (QED) is 0.476. The van der Waals surface area contributed by atoms with Crippen LogP contribution in [0.25, 0.3) is 6.08 Å². The number of halogens is 3. The van der Waals surface area contributed by atoms with Crippen molar-refractivity contribution in [1.29, 1.82) is 0 Å². The Morgan fingerprint density at radius 3 is 2.71 bits per heavy atom. The van der Waals surface area contributed by atoms with E-state index in [2.05, 4.69) is 11.8 Å². The minimum absolute atomic E-state index is 0.274. The Kier molecular flexibility index (Phi) is 6.04. The smallest absolute Gasteiger partial charge is 0.416 e. The zero-order chi connectivity index (χ0) is 15.9. The van der Waals surface area contributed by atoms with Crippen LogP contribution in [-0.2, 0) is 15.7 Å². The number of ether oxygens (including phenoxy) is 1. The van der Waals surface area contributed by atoms with Crippen molar-refractivity contribution in [2.45, 2.75) is 32.5 Å². The van der Waals surface area contributed by atoms with Gasteiger partial charge in [-0.3, -0.25) is 0 Å². The van der Waals surface area contributed by atoms with Crippen molar-refractivity contribution in [3.63, 3.8) is 0 Å². The number of rotatable bonds is 4. The Hall–Kier alpha value is -2.22. The van der Waals surface area contributed by atoms with E-state index < -0.39 is 23.8 Å². The summed E-state index contributed by atoms with van der Waals surface area (Å²) >= 11 is 0. The van der Waals surface area contributed by atoms with E-state index in [0.717, 1.165) is 18.2 Å². The standard InChI is InChI=1S/C16H15F3O2/c1-3-6-14(4-2)21-15(20)10-9-12-7-5-8-13(11-12)16(17,18)19/h5,7-11,14H,4H2,1-2H3/b10-9+. The van der Waals surface area contributed by atoms with Gasteiger partial charge in [-0.25, -0.2) is 4.79 Å². The molecule has 0 aliphatic carbocycles. The SMILES string of the molecule is CC#CC(CC)OC(=O)/C=C/c1cccc(C(F)(F)F)c1. The van der Waals surface area contributed by atoms with E-state index in [0.29, 0.717) is 6.42 Å². The largest absolute Gasteiger partial charge is 0.446 e. The fraction of sp³-hybridized carbons (Fsp3) is 0.312. The predicted octanol–water partition coefficient (Wildman–Crippen LogP) is 4.06. The maximum Gasteiger partial charge on any atom is 0.416 e. The Balaban J connectivity index is 2.76. The maximum absolute atomic E-state index is 12.5. The molecule has 1 rings (SSSR count). The number of carbonyl (C=O) groups excluding carboxylic acids is 1. The lowest BCUT2D eigenvalue weighted by Gasteiger charge is -2.08. The zero-order valence-electron chi connectivity index (χ0n) is 11.7. The van der Waals surface area contributed by atoms with Gasteiger partial charge in [0.05, 0.1) is 5.56 Å². The summed E-state index contributed by atoms with van der Waals surface area (Å²) in [4.78, 5) is 11.5. The first-order valence-corrected chi connectivity index (χ1v) is 6.35. The summed E-state index contributed by atoms with van der Waals surface area (Å²) in [6.07, 6.45) is -1.99. The van der Waals surface area contributed by atoms with Crippen LogP contribution >= 0.6 is 0 Å². The van der Waals surface area contributed by atoms with E-state index in [1.54, 1.807) is 6.92 Å². The first-order valence-electron chi connectivity index (χ1n) is 6.35. The van der Waals surface area contributed by atoms with E-state index >= 15 is 0 Å². The van der Waals surface area contributed by atoms with Crippen molar-refractivity contribution in [2.24, 2.45) is 0 Å². The number of carbonyl (C=O) groups is 1. The highest BCUT2D eigenvalue weighted by molar-refractivity contribution is 5.87. The highest BCUT2D eigenvalue weighted by atomic mass is 19.4. The first kappa shape index (κ1) is 16.8. The van der Waals surface area contributed by atoms with Crippen molar-refractivity contribution < 1.29 is 22.7 Å². The van der Waals surface area contributed by atoms with Crippen LogP contribution in [0.2, 0.25) is 0 Å². The number of alkyl halides is 3. The molecule has 0 saturated carbocycles. The molecule has 0 saturated heterocycles. The van der Waals surface area contributed by atoms with Crippen LogP contribution in [0, 0.1) is 11.8 Å². The second kappa shape index (κ2) is 7.53. The van der Waals surface area contributed by atoms with Gasteiger partial charge in [-0.15, -0.1) is 5.92 Å². The molecule has 0 bridgehead atoms. The lowest BCUT2D eigenvalue weighted by Crippen LogP contribution is -2.13. The molecule has 0 amide bonds. The van der Waals surface area contributed by atoms with Gasteiger partial charge >= 0.3 is 12.1 Å². The van der Waals surface area contributed by atoms with Crippen LogP contribution < -0.4 is 0 Å². The van der Waals surface area contributed by atoms with E-state index in [9.17, 15) is 18.0 Å². The third kappa shape index (κ3) is 5.74. The summed E-state index contributed by atoms with van der Waals surface area (Å²) in [7, 11) is 0. The van der Waals surface area contributed by atoms with Gasteiger partial charge in [-0.2, -0.15) is 13.2 Å². The van der Waals surface area contributed by atoms with E-state index in [1.165, 1.54) is 18.2 Å². The second-order valence-electron chi connectivity index (χ2n) is 4.18. The molecular formula is C16H15F3O2. The first-order chi connectivity index (χ1) is 9.86. The zero-order valence-corrected chi connectivity index (χ0v) is 11.7. The number of hydrogen-bond acceptors (Lipinski definition) is 2. The Labute approximate surface area is 121 Å². The van der Waals surface area contributed by atoms with Gasteiger partial charge in [0, 0.05) is 6.08 Å². The molecule has 0 aromatic heterocycles. The third-order valence-corrected chi connectivity index (χ3v) is 2.56. The van der Waals surface area contributed by atoms with Crippen LogP contribution in [0.5, 0.6) is 0 Å².